The van der Waals surface area contributed by atoms with E-state index in [1.807, 2.05) is 6.08 Å². The predicted molar refractivity (Wildman–Crippen MR) is 211 cm³/mol. The van der Waals surface area contributed by atoms with Crippen molar-refractivity contribution in [2.45, 2.75) is 26.2 Å². The molecule has 0 saturated heterocycles. The number of allylic oxidation sites excluding steroid dienone is 1. The van der Waals surface area contributed by atoms with Crippen LogP contribution in [-0.4, -0.2) is 19.5 Å². The highest BCUT2D eigenvalue weighted by atomic mass is 15.2. The average molecular weight is 643 g/mol. The van der Waals surface area contributed by atoms with Gasteiger partial charge in [-0.05, 0) is 58.2 Å². The first kappa shape index (κ1) is 28.7. The molecule has 3 aromatic heterocycles. The first-order valence-electron chi connectivity index (χ1n) is 17.3. The van der Waals surface area contributed by atoms with Crippen LogP contribution in [0.4, 0.5) is 0 Å². The molecule has 0 spiro atoms. The molecule has 1 aliphatic rings. The Morgan fingerprint density at radius 3 is 2.18 bits per heavy atom. The molecule has 10 rings (SSSR count). The molecule has 3 heterocycles. The van der Waals surface area contributed by atoms with Crippen LogP contribution in [0.2, 0.25) is 0 Å². The molecule has 0 saturated carbocycles. The Morgan fingerprint density at radius 2 is 1.40 bits per heavy atom. The molecule has 4 nitrogen and oxygen atoms in total. The van der Waals surface area contributed by atoms with Gasteiger partial charge in [0.2, 0.25) is 5.95 Å². The van der Waals surface area contributed by atoms with Crippen molar-refractivity contribution >= 4 is 66.5 Å². The van der Waals surface area contributed by atoms with Gasteiger partial charge in [-0.2, -0.15) is 0 Å². The van der Waals surface area contributed by atoms with Crippen LogP contribution in [0.25, 0.3) is 94.9 Å². The molecular weight excluding hydrogens is 609 g/mol. The van der Waals surface area contributed by atoms with Crippen molar-refractivity contribution in [2.75, 3.05) is 0 Å². The summed E-state index contributed by atoms with van der Waals surface area (Å²) in [5, 5.41) is 7.03. The van der Waals surface area contributed by atoms with E-state index in [2.05, 4.69) is 164 Å². The Balaban J connectivity index is 1.41. The number of hydrogen-bond donors (Lipinski definition) is 1. The van der Waals surface area contributed by atoms with Crippen molar-refractivity contribution in [3.05, 3.63) is 150 Å². The zero-order valence-electron chi connectivity index (χ0n) is 28.3. The number of aromatic amines is 1. The highest BCUT2D eigenvalue weighted by Crippen LogP contribution is 2.53. The van der Waals surface area contributed by atoms with Crippen LogP contribution in [-0.2, 0) is 5.41 Å². The summed E-state index contributed by atoms with van der Waals surface area (Å²) in [6, 6.07) is 41.1. The van der Waals surface area contributed by atoms with E-state index in [0.717, 1.165) is 55.4 Å². The minimum Gasteiger partial charge on any atom is -0.353 e. The second-order valence-electron chi connectivity index (χ2n) is 13.8. The topological polar surface area (TPSA) is 46.5 Å². The zero-order chi connectivity index (χ0) is 33.7. The quantitative estimate of drug-likeness (QED) is 0.208. The molecule has 4 heteroatoms. The molecule has 50 heavy (non-hydrogen) atoms. The van der Waals surface area contributed by atoms with E-state index in [1.54, 1.807) is 0 Å². The van der Waals surface area contributed by atoms with Crippen molar-refractivity contribution in [2.24, 2.45) is 0 Å². The molecule has 238 valence electrons. The second-order valence-corrected chi connectivity index (χ2v) is 13.8. The summed E-state index contributed by atoms with van der Waals surface area (Å²) in [5.74, 6) is 0.631. The van der Waals surface area contributed by atoms with Crippen LogP contribution < -0.4 is 0 Å². The molecule has 0 bridgehead atoms. The van der Waals surface area contributed by atoms with Gasteiger partial charge in [-0.1, -0.05) is 136 Å². The number of H-pyrrole nitrogens is 1. The number of hydrogen-bond acceptors (Lipinski definition) is 2. The summed E-state index contributed by atoms with van der Waals surface area (Å²) >= 11 is 0. The number of fused-ring (bicyclic) bond motifs is 13. The van der Waals surface area contributed by atoms with Crippen molar-refractivity contribution < 1.29 is 0 Å². The lowest BCUT2D eigenvalue weighted by Crippen LogP contribution is -2.16. The Bertz CT molecular complexity index is 2920. The third-order valence-corrected chi connectivity index (χ3v) is 10.8. The van der Waals surface area contributed by atoms with Crippen molar-refractivity contribution in [3.8, 4) is 28.3 Å². The summed E-state index contributed by atoms with van der Waals surface area (Å²) in [5.41, 5.74) is 13.1. The van der Waals surface area contributed by atoms with Gasteiger partial charge in [0.25, 0.3) is 0 Å². The van der Waals surface area contributed by atoms with E-state index in [0.29, 0.717) is 5.95 Å². The molecule has 0 fully saturated rings. The Morgan fingerprint density at radius 1 is 0.700 bits per heavy atom. The fraction of sp³-hybridized carbons (Fsp3) is 0.0870. The summed E-state index contributed by atoms with van der Waals surface area (Å²) in [6.45, 7) is 11.1. The fourth-order valence-corrected chi connectivity index (χ4v) is 8.76. The summed E-state index contributed by atoms with van der Waals surface area (Å²) in [4.78, 5) is 14.9. The summed E-state index contributed by atoms with van der Waals surface area (Å²) in [7, 11) is 0. The molecule has 0 radical (unpaired) electrons. The van der Waals surface area contributed by atoms with E-state index in [1.165, 1.54) is 43.8 Å². The Hall–Kier alpha value is -6.26. The van der Waals surface area contributed by atoms with Gasteiger partial charge in [-0.3, -0.25) is 4.57 Å². The maximum absolute atomic E-state index is 5.60. The Kier molecular flexibility index (Phi) is 5.96. The molecule has 0 atom stereocenters. The number of nitrogens with zero attached hydrogens (tertiary/aromatic N) is 3. The molecule has 1 aliphatic carbocycles. The highest BCUT2D eigenvalue weighted by Gasteiger charge is 2.38. The van der Waals surface area contributed by atoms with Gasteiger partial charge in [0.1, 0.15) is 0 Å². The van der Waals surface area contributed by atoms with E-state index in [4.69, 9.17) is 9.97 Å². The van der Waals surface area contributed by atoms with Gasteiger partial charge in [0.05, 0.1) is 27.9 Å². The van der Waals surface area contributed by atoms with Gasteiger partial charge >= 0.3 is 0 Å². The highest BCUT2D eigenvalue weighted by molar-refractivity contribution is 6.32. The van der Waals surface area contributed by atoms with E-state index in [-0.39, 0.29) is 5.41 Å². The van der Waals surface area contributed by atoms with Crippen LogP contribution in [0.1, 0.15) is 43.2 Å². The van der Waals surface area contributed by atoms with Crippen molar-refractivity contribution in [1.82, 2.24) is 19.5 Å². The third-order valence-electron chi connectivity index (χ3n) is 10.8. The standard InChI is InChI=1S/C46H34N4/c1-5-16-37-28(6-2)39-31-21-11-10-20-30(31)38-33-22-13-15-24-35(33)47-43(38)44(39)50(37)45-48-36-26-25-32-29-19-12-14-23-34(29)46(3,4)41(32)40(36)42(49-45)27-17-8-7-9-18-27/h5-26,47H,2H2,1,3-4H3/b16-5-. The zero-order valence-corrected chi connectivity index (χ0v) is 28.3. The van der Waals surface area contributed by atoms with Crippen LogP contribution in [0, 0.1) is 0 Å². The minimum atomic E-state index is -0.221. The monoisotopic (exact) mass is 642 g/mol. The van der Waals surface area contributed by atoms with E-state index in [9.17, 15) is 0 Å². The summed E-state index contributed by atoms with van der Waals surface area (Å²) in [6.07, 6.45) is 6.24. The largest absolute Gasteiger partial charge is 0.353 e. The molecular formula is C46H34N4. The molecule has 9 aromatic rings. The second kappa shape index (κ2) is 10.4. The molecule has 0 aliphatic heterocycles. The van der Waals surface area contributed by atoms with Crippen molar-refractivity contribution in [3.63, 3.8) is 0 Å². The predicted octanol–water partition coefficient (Wildman–Crippen LogP) is 12.0. The minimum absolute atomic E-state index is 0.221. The van der Waals surface area contributed by atoms with Gasteiger partial charge < -0.3 is 4.98 Å². The lowest BCUT2D eigenvalue weighted by molar-refractivity contribution is 0.666. The molecule has 0 amide bonds. The maximum Gasteiger partial charge on any atom is 0.235 e. The number of nitrogens with one attached hydrogen (secondary N) is 1. The third kappa shape index (κ3) is 3.71. The lowest BCUT2D eigenvalue weighted by atomic mass is 9.80. The van der Waals surface area contributed by atoms with Crippen LogP contribution >= 0.6 is 0 Å². The smallest absolute Gasteiger partial charge is 0.235 e. The van der Waals surface area contributed by atoms with Gasteiger partial charge in [-0.15, -0.1) is 0 Å². The maximum atomic E-state index is 5.60. The average Bonchev–Trinajstić information content (AvgIpc) is 3.78. The molecule has 0 unspecified atom stereocenters. The summed E-state index contributed by atoms with van der Waals surface area (Å²) < 4.78 is 2.26. The van der Waals surface area contributed by atoms with Crippen LogP contribution in [0.15, 0.2) is 128 Å². The normalized spacial score (nSPS) is 13.7. The van der Waals surface area contributed by atoms with E-state index < -0.39 is 0 Å². The van der Waals surface area contributed by atoms with Gasteiger partial charge in [0, 0.05) is 43.6 Å². The first-order valence-corrected chi connectivity index (χ1v) is 17.3. The number of aromatic nitrogens is 4. The number of rotatable bonds is 4. The Labute approximate surface area is 290 Å². The van der Waals surface area contributed by atoms with Crippen LogP contribution in [0.5, 0.6) is 0 Å². The van der Waals surface area contributed by atoms with Gasteiger partial charge in [-0.25, -0.2) is 9.97 Å². The molecule has 6 aromatic carbocycles. The first-order chi connectivity index (χ1) is 24.5. The number of para-hydroxylation sites is 1. The van der Waals surface area contributed by atoms with Crippen LogP contribution in [0.3, 0.4) is 0 Å². The fourth-order valence-electron chi connectivity index (χ4n) is 8.76. The SMILES string of the molecule is C=Cc1c(/C=C\C)n(-c2nc(-c3ccccc3)c3c4c(ccc3n2)-c2ccccc2C4(C)C)c2c3[nH]c4ccccc4c3c3ccccc3c12. The van der Waals surface area contributed by atoms with Gasteiger partial charge in [0.15, 0.2) is 0 Å². The molecule has 1 N–H and O–H groups in total. The lowest BCUT2D eigenvalue weighted by Gasteiger charge is -2.24. The van der Waals surface area contributed by atoms with Crippen molar-refractivity contribution in [1.29, 1.82) is 0 Å². The number of benzene rings is 6. The van der Waals surface area contributed by atoms with E-state index >= 15 is 0 Å².